The SMILES string of the molecule is CN1CCN(S(=O)c2ccc(-c3c(O)[nH]c4ccc(C(=O)NCCC#N)cc34)nc2)CC1.Cl. The van der Waals surface area contributed by atoms with E-state index in [2.05, 4.69) is 20.2 Å². The third-order valence-electron chi connectivity index (χ3n) is 5.45. The Bertz CT molecular complexity index is 1200. The fraction of sp³-hybridized carbons (Fsp3) is 0.318. The lowest BCUT2D eigenvalue weighted by Gasteiger charge is -2.31. The molecule has 1 amide bonds. The van der Waals surface area contributed by atoms with Crippen molar-refractivity contribution >= 4 is 40.2 Å². The second-order valence-electron chi connectivity index (χ2n) is 7.63. The molecule has 1 aliphatic heterocycles. The maximum Gasteiger partial charge on any atom is 0.251 e. The van der Waals surface area contributed by atoms with Gasteiger partial charge in [0.05, 0.1) is 28.6 Å². The summed E-state index contributed by atoms with van der Waals surface area (Å²) in [6, 6.07) is 10.5. The third-order valence-corrected chi connectivity index (χ3v) is 6.93. The quantitative estimate of drug-likeness (QED) is 0.457. The molecule has 3 N–H and O–H groups in total. The predicted octanol–water partition coefficient (Wildman–Crippen LogP) is 2.27. The molecule has 1 fully saturated rings. The highest BCUT2D eigenvalue weighted by atomic mass is 35.5. The minimum absolute atomic E-state index is 0. The van der Waals surface area contributed by atoms with Crippen LogP contribution in [-0.4, -0.2) is 74.2 Å². The number of aromatic hydroxyl groups is 1. The Morgan fingerprint density at radius 3 is 2.70 bits per heavy atom. The van der Waals surface area contributed by atoms with Crippen molar-refractivity contribution in [2.75, 3.05) is 39.8 Å². The molecule has 3 aromatic rings. The standard InChI is InChI=1S/C22H24N6O3S.ClH/c1-27-9-11-28(12-10-27)32(31)16-4-6-19(25-14-16)20-17-13-15(21(29)24-8-2-7-23)3-5-18(17)26-22(20)30;/h3-6,13-14,26,30H,2,8-12H2,1H3,(H,24,29);1H. The summed E-state index contributed by atoms with van der Waals surface area (Å²) >= 11 is 0. The van der Waals surface area contributed by atoms with E-state index in [0.717, 1.165) is 26.2 Å². The zero-order valence-electron chi connectivity index (χ0n) is 18.1. The van der Waals surface area contributed by atoms with Crippen molar-refractivity contribution in [3.63, 3.8) is 0 Å². The molecule has 11 heteroatoms. The second kappa shape index (κ2) is 10.8. The first-order valence-electron chi connectivity index (χ1n) is 10.3. The number of H-pyrrole nitrogens is 1. The predicted molar refractivity (Wildman–Crippen MR) is 128 cm³/mol. The number of hydrogen-bond donors (Lipinski definition) is 3. The van der Waals surface area contributed by atoms with Crippen LogP contribution in [0.4, 0.5) is 0 Å². The summed E-state index contributed by atoms with van der Waals surface area (Å²) in [7, 11) is 0.759. The molecule has 174 valence electrons. The first-order valence-corrected chi connectivity index (χ1v) is 11.4. The number of carbonyl (C=O) groups is 1. The smallest absolute Gasteiger partial charge is 0.251 e. The van der Waals surface area contributed by atoms with Gasteiger partial charge < -0.3 is 20.3 Å². The lowest BCUT2D eigenvalue weighted by atomic mass is 10.1. The molecule has 1 saturated heterocycles. The van der Waals surface area contributed by atoms with Crippen LogP contribution in [0.1, 0.15) is 16.8 Å². The Morgan fingerprint density at radius 2 is 2.03 bits per heavy atom. The highest BCUT2D eigenvalue weighted by Crippen LogP contribution is 2.36. The number of aromatic nitrogens is 2. The first kappa shape index (κ1) is 24.7. The van der Waals surface area contributed by atoms with Crippen LogP contribution in [0.25, 0.3) is 22.2 Å². The van der Waals surface area contributed by atoms with Crippen LogP contribution in [0.5, 0.6) is 5.88 Å². The lowest BCUT2D eigenvalue weighted by molar-refractivity contribution is 0.0954. The van der Waals surface area contributed by atoms with E-state index in [4.69, 9.17) is 5.26 Å². The average Bonchev–Trinajstić information content (AvgIpc) is 3.14. The monoisotopic (exact) mass is 488 g/mol. The minimum Gasteiger partial charge on any atom is -0.494 e. The molecule has 4 rings (SSSR count). The molecule has 0 spiro atoms. The maximum atomic E-state index is 12.9. The zero-order valence-corrected chi connectivity index (χ0v) is 19.7. The van der Waals surface area contributed by atoms with Gasteiger partial charge in [-0.05, 0) is 37.4 Å². The van der Waals surface area contributed by atoms with Gasteiger partial charge in [0.2, 0.25) is 0 Å². The number of nitriles is 1. The van der Waals surface area contributed by atoms with Crippen molar-refractivity contribution in [1.29, 1.82) is 5.26 Å². The van der Waals surface area contributed by atoms with E-state index in [0.29, 0.717) is 32.6 Å². The number of rotatable bonds is 6. The number of nitrogens with zero attached hydrogens (tertiary/aromatic N) is 4. The summed E-state index contributed by atoms with van der Waals surface area (Å²) in [4.78, 5) is 22.5. The molecule has 1 aromatic carbocycles. The largest absolute Gasteiger partial charge is 0.494 e. The number of carbonyl (C=O) groups excluding carboxylic acids is 1. The normalized spacial score (nSPS) is 15.5. The Kier molecular flexibility index (Phi) is 8.05. The van der Waals surface area contributed by atoms with Crippen LogP contribution in [0.15, 0.2) is 41.4 Å². The van der Waals surface area contributed by atoms with Crippen molar-refractivity contribution < 1.29 is 14.1 Å². The van der Waals surface area contributed by atoms with Gasteiger partial charge in [0.25, 0.3) is 5.91 Å². The number of likely N-dealkylation sites (N-methyl/N-ethyl adjacent to an activating group) is 1. The number of amides is 1. The van der Waals surface area contributed by atoms with Crippen LogP contribution in [0, 0.1) is 11.3 Å². The highest BCUT2D eigenvalue weighted by Gasteiger charge is 2.21. The number of aromatic amines is 1. The van der Waals surface area contributed by atoms with E-state index in [1.165, 1.54) is 0 Å². The Labute approximate surface area is 200 Å². The van der Waals surface area contributed by atoms with Gasteiger partial charge in [0.15, 0.2) is 5.88 Å². The van der Waals surface area contributed by atoms with Gasteiger partial charge in [-0.1, -0.05) is 0 Å². The number of pyridine rings is 1. The van der Waals surface area contributed by atoms with E-state index < -0.39 is 11.0 Å². The Balaban J connectivity index is 0.00000306. The highest BCUT2D eigenvalue weighted by molar-refractivity contribution is 7.82. The first-order chi connectivity index (χ1) is 15.5. The van der Waals surface area contributed by atoms with Crippen molar-refractivity contribution in [3.05, 3.63) is 42.1 Å². The van der Waals surface area contributed by atoms with E-state index in [-0.39, 0.29) is 37.2 Å². The molecule has 0 radical (unpaired) electrons. The molecule has 3 heterocycles. The summed E-state index contributed by atoms with van der Waals surface area (Å²) in [6.07, 6.45) is 1.80. The third kappa shape index (κ3) is 5.34. The average molecular weight is 489 g/mol. The summed E-state index contributed by atoms with van der Waals surface area (Å²) in [5.41, 5.74) is 2.07. The number of halogens is 1. The van der Waals surface area contributed by atoms with Gasteiger partial charge in [0.1, 0.15) is 11.0 Å². The molecule has 9 nitrogen and oxygen atoms in total. The van der Waals surface area contributed by atoms with E-state index in [9.17, 15) is 14.1 Å². The van der Waals surface area contributed by atoms with Crippen LogP contribution in [-0.2, 0) is 11.0 Å². The molecular formula is C22H25ClN6O3S. The molecule has 2 aromatic heterocycles. The van der Waals surface area contributed by atoms with E-state index in [1.807, 2.05) is 17.4 Å². The number of nitrogens with one attached hydrogen (secondary N) is 2. The molecule has 0 aliphatic carbocycles. The Hall–Kier alpha value is -2.97. The number of benzene rings is 1. The molecule has 1 atom stereocenters. The summed E-state index contributed by atoms with van der Waals surface area (Å²) in [6.45, 7) is 3.46. The number of piperazine rings is 1. The number of fused-ring (bicyclic) bond motifs is 1. The molecule has 1 aliphatic rings. The molecule has 0 bridgehead atoms. The maximum absolute atomic E-state index is 12.9. The van der Waals surface area contributed by atoms with Gasteiger partial charge in [-0.15, -0.1) is 12.4 Å². The summed E-state index contributed by atoms with van der Waals surface area (Å²) < 4.78 is 14.8. The zero-order chi connectivity index (χ0) is 22.7. The van der Waals surface area contributed by atoms with Crippen molar-refractivity contribution in [2.24, 2.45) is 0 Å². The van der Waals surface area contributed by atoms with Gasteiger partial charge in [0, 0.05) is 55.4 Å². The van der Waals surface area contributed by atoms with Crippen molar-refractivity contribution in [2.45, 2.75) is 11.3 Å². The topological polar surface area (TPSA) is 125 Å². The van der Waals surface area contributed by atoms with Gasteiger partial charge in [-0.2, -0.15) is 5.26 Å². The summed E-state index contributed by atoms with van der Waals surface area (Å²) in [5, 5.41) is 22.5. The van der Waals surface area contributed by atoms with Crippen molar-refractivity contribution in [1.82, 2.24) is 24.5 Å². The van der Waals surface area contributed by atoms with Crippen LogP contribution < -0.4 is 5.32 Å². The van der Waals surface area contributed by atoms with Crippen LogP contribution >= 0.6 is 12.4 Å². The summed E-state index contributed by atoms with van der Waals surface area (Å²) in [5.74, 6) is -0.345. The van der Waals surface area contributed by atoms with Gasteiger partial charge in [-0.3, -0.25) is 9.78 Å². The minimum atomic E-state index is -1.29. The molecule has 33 heavy (non-hydrogen) atoms. The Morgan fingerprint density at radius 1 is 1.27 bits per heavy atom. The molecular weight excluding hydrogens is 464 g/mol. The van der Waals surface area contributed by atoms with E-state index >= 15 is 0 Å². The number of hydrogen-bond acceptors (Lipinski definition) is 6. The van der Waals surface area contributed by atoms with Crippen LogP contribution in [0.2, 0.25) is 0 Å². The van der Waals surface area contributed by atoms with Crippen molar-refractivity contribution in [3.8, 4) is 23.2 Å². The van der Waals surface area contributed by atoms with E-state index in [1.54, 1.807) is 36.5 Å². The van der Waals surface area contributed by atoms with Gasteiger partial charge >= 0.3 is 0 Å². The second-order valence-corrected chi connectivity index (χ2v) is 9.12. The molecule has 0 saturated carbocycles. The lowest BCUT2D eigenvalue weighted by Crippen LogP contribution is -2.45. The van der Waals surface area contributed by atoms with Crippen LogP contribution in [0.3, 0.4) is 0 Å². The fourth-order valence-corrected chi connectivity index (χ4v) is 4.77. The molecule has 1 unspecified atom stereocenters. The fourth-order valence-electron chi connectivity index (χ4n) is 3.65. The van der Waals surface area contributed by atoms with Gasteiger partial charge in [-0.25, -0.2) is 8.51 Å².